The summed E-state index contributed by atoms with van der Waals surface area (Å²) in [4.78, 5) is 16.4. The molecule has 0 bridgehead atoms. The van der Waals surface area contributed by atoms with Crippen LogP contribution in [0.1, 0.15) is 60.8 Å². The van der Waals surface area contributed by atoms with Gasteiger partial charge in [-0.3, -0.25) is 9.48 Å². The van der Waals surface area contributed by atoms with E-state index >= 15 is 0 Å². The first-order valence-electron chi connectivity index (χ1n) is 11.2. The molecule has 35 heavy (non-hydrogen) atoms. The molecular weight excluding hydrogens is 493 g/mol. The fourth-order valence-corrected chi connectivity index (χ4v) is 4.50. The van der Waals surface area contributed by atoms with Crippen molar-refractivity contribution in [2.75, 3.05) is 5.32 Å². The number of pyridine rings is 1. The third-order valence-corrected chi connectivity index (χ3v) is 6.23. The highest BCUT2D eigenvalue weighted by molar-refractivity contribution is 6.31. The molecule has 2 aromatic heterocycles. The van der Waals surface area contributed by atoms with Gasteiger partial charge in [-0.15, -0.1) is 0 Å². The predicted molar refractivity (Wildman–Crippen MR) is 122 cm³/mol. The number of hydrogen-bond donors (Lipinski definition) is 2. The number of aromatic nitrogens is 3. The predicted octanol–water partition coefficient (Wildman–Crippen LogP) is 6.21. The largest absolute Gasteiger partial charge is 0.433 e. The number of aryl methyl sites for hydroxylation is 1. The molecule has 1 aliphatic carbocycles. The lowest BCUT2D eigenvalue weighted by molar-refractivity contribution is -0.140. The number of nitrogens with one attached hydrogen (secondary N) is 2. The summed E-state index contributed by atoms with van der Waals surface area (Å²) in [7, 11) is 0. The Morgan fingerprint density at radius 1 is 1.23 bits per heavy atom. The van der Waals surface area contributed by atoms with Gasteiger partial charge in [-0.2, -0.15) is 18.3 Å². The number of amides is 1. The molecule has 0 spiro atoms. The van der Waals surface area contributed by atoms with Crippen molar-refractivity contribution in [2.45, 2.75) is 63.8 Å². The first-order chi connectivity index (χ1) is 16.5. The summed E-state index contributed by atoms with van der Waals surface area (Å²) in [5, 5.41) is 10.5. The van der Waals surface area contributed by atoms with Gasteiger partial charge in [-0.25, -0.2) is 13.8 Å². The van der Waals surface area contributed by atoms with Crippen LogP contribution in [-0.4, -0.2) is 32.8 Å². The average molecular weight is 516 g/mol. The Labute approximate surface area is 202 Å². The smallest absolute Gasteiger partial charge is 0.382 e. The zero-order valence-electron chi connectivity index (χ0n) is 18.7. The van der Waals surface area contributed by atoms with Gasteiger partial charge in [0.15, 0.2) is 0 Å². The molecule has 0 aliphatic heterocycles. The van der Waals surface area contributed by atoms with Gasteiger partial charge in [0.1, 0.15) is 11.4 Å². The van der Waals surface area contributed by atoms with Crippen molar-refractivity contribution in [2.24, 2.45) is 0 Å². The van der Waals surface area contributed by atoms with Crippen molar-refractivity contribution >= 4 is 34.1 Å². The van der Waals surface area contributed by atoms with Gasteiger partial charge >= 0.3 is 6.18 Å². The molecule has 4 rings (SSSR count). The van der Waals surface area contributed by atoms with E-state index in [1.807, 2.05) is 0 Å². The topological polar surface area (TPSA) is 71.8 Å². The number of alkyl halides is 5. The molecule has 2 N–H and O–H groups in total. The van der Waals surface area contributed by atoms with Crippen LogP contribution in [0, 0.1) is 0 Å². The average Bonchev–Trinajstić information content (AvgIpc) is 3.24. The fraction of sp³-hybridized carbons (Fsp3) is 0.435. The maximum absolute atomic E-state index is 13.4. The summed E-state index contributed by atoms with van der Waals surface area (Å²) in [6.45, 7) is 2.06. The molecular formula is C23H23ClF5N5O. The van der Waals surface area contributed by atoms with Gasteiger partial charge in [0.25, 0.3) is 12.3 Å². The Hall–Kier alpha value is -2.95. The van der Waals surface area contributed by atoms with E-state index in [1.165, 1.54) is 23.0 Å². The summed E-state index contributed by atoms with van der Waals surface area (Å²) in [5.74, 6) is -0.647. The molecule has 1 aromatic carbocycles. The minimum absolute atomic E-state index is 0.153. The molecule has 1 amide bonds. The van der Waals surface area contributed by atoms with Crippen LogP contribution >= 0.6 is 11.6 Å². The second-order valence-electron chi connectivity index (χ2n) is 8.48. The Bertz CT molecular complexity index is 1230. The van der Waals surface area contributed by atoms with E-state index in [2.05, 4.69) is 20.7 Å². The van der Waals surface area contributed by atoms with Crippen LogP contribution < -0.4 is 10.6 Å². The van der Waals surface area contributed by atoms with E-state index < -0.39 is 29.9 Å². The SMILES string of the molecule is CCn1cc(C(=O)N[C@@H]2CCC[C@H](Nc3cc(C(F)(F)F)nc4ccc(Cl)cc34)C2)c(C(F)F)n1. The lowest BCUT2D eigenvalue weighted by atomic mass is 9.90. The van der Waals surface area contributed by atoms with Gasteiger partial charge in [0, 0.05) is 40.9 Å². The number of rotatable bonds is 6. The minimum Gasteiger partial charge on any atom is -0.382 e. The molecule has 2 atom stereocenters. The second-order valence-corrected chi connectivity index (χ2v) is 8.91. The van der Waals surface area contributed by atoms with Crippen LogP contribution in [0.3, 0.4) is 0 Å². The number of anilines is 1. The molecule has 12 heteroatoms. The standard InChI is InChI=1S/C23H23ClF5N5O/c1-2-34-11-16(20(33-34)21(25)26)22(35)31-14-5-3-4-13(9-14)30-18-10-19(23(27,28)29)32-17-7-6-12(24)8-15(17)18/h6-8,10-11,13-14,21H,2-5,9H2,1H3,(H,30,32)(H,31,35)/t13-,14+/m0/s1. The lowest BCUT2D eigenvalue weighted by Gasteiger charge is -2.31. The van der Waals surface area contributed by atoms with Gasteiger partial charge in [-0.1, -0.05) is 11.6 Å². The number of halogens is 6. The lowest BCUT2D eigenvalue weighted by Crippen LogP contribution is -2.42. The first-order valence-corrected chi connectivity index (χ1v) is 11.5. The number of fused-ring (bicyclic) bond motifs is 1. The molecule has 0 radical (unpaired) electrons. The third-order valence-electron chi connectivity index (χ3n) is 6.00. The summed E-state index contributed by atoms with van der Waals surface area (Å²) >= 11 is 6.06. The Balaban J connectivity index is 1.53. The quantitative estimate of drug-likeness (QED) is 0.383. The zero-order valence-corrected chi connectivity index (χ0v) is 19.4. The zero-order chi connectivity index (χ0) is 25.3. The summed E-state index contributed by atoms with van der Waals surface area (Å²) < 4.78 is 68.2. The second kappa shape index (κ2) is 9.96. The molecule has 188 valence electrons. The van der Waals surface area contributed by atoms with E-state index in [9.17, 15) is 26.7 Å². The van der Waals surface area contributed by atoms with Crippen LogP contribution in [0.2, 0.25) is 5.02 Å². The molecule has 1 fully saturated rings. The third kappa shape index (κ3) is 5.66. The Kier molecular flexibility index (Phi) is 7.16. The molecule has 0 unspecified atom stereocenters. The maximum Gasteiger partial charge on any atom is 0.433 e. The van der Waals surface area contributed by atoms with E-state index in [0.717, 1.165) is 6.07 Å². The van der Waals surface area contributed by atoms with Crippen molar-refractivity contribution in [3.05, 3.63) is 52.4 Å². The Morgan fingerprint density at radius 3 is 2.66 bits per heavy atom. The molecule has 3 aromatic rings. The Morgan fingerprint density at radius 2 is 1.97 bits per heavy atom. The number of benzene rings is 1. The summed E-state index contributed by atoms with van der Waals surface area (Å²) in [6.07, 6.45) is -3.85. The van der Waals surface area contributed by atoms with E-state index in [-0.39, 0.29) is 28.9 Å². The molecule has 6 nitrogen and oxygen atoms in total. The van der Waals surface area contributed by atoms with Crippen LogP contribution in [0.5, 0.6) is 0 Å². The highest BCUT2D eigenvalue weighted by Gasteiger charge is 2.34. The van der Waals surface area contributed by atoms with Gasteiger partial charge in [-0.05, 0) is 56.9 Å². The molecule has 1 saturated carbocycles. The van der Waals surface area contributed by atoms with Crippen LogP contribution in [0.25, 0.3) is 10.9 Å². The van der Waals surface area contributed by atoms with Crippen molar-refractivity contribution in [1.29, 1.82) is 0 Å². The number of carbonyl (C=O) groups excluding carboxylic acids is 1. The normalized spacial score (nSPS) is 18.7. The van der Waals surface area contributed by atoms with E-state index in [4.69, 9.17) is 11.6 Å². The summed E-state index contributed by atoms with van der Waals surface area (Å²) in [5.41, 5.74) is -1.38. The molecule has 2 heterocycles. The number of carbonyl (C=O) groups is 1. The van der Waals surface area contributed by atoms with E-state index in [0.29, 0.717) is 42.6 Å². The monoisotopic (exact) mass is 515 g/mol. The van der Waals surface area contributed by atoms with Gasteiger partial charge < -0.3 is 10.6 Å². The maximum atomic E-state index is 13.4. The highest BCUT2D eigenvalue weighted by Crippen LogP contribution is 2.35. The fourth-order valence-electron chi connectivity index (χ4n) is 4.33. The molecule has 1 aliphatic rings. The van der Waals surface area contributed by atoms with E-state index in [1.54, 1.807) is 13.0 Å². The summed E-state index contributed by atoms with van der Waals surface area (Å²) in [6, 6.07) is 4.80. The number of nitrogens with zero attached hydrogens (tertiary/aromatic N) is 3. The first kappa shape index (κ1) is 25.2. The van der Waals surface area contributed by atoms with Crippen LogP contribution in [0.4, 0.5) is 27.6 Å². The minimum atomic E-state index is -4.63. The van der Waals surface area contributed by atoms with Crippen LogP contribution in [0.15, 0.2) is 30.5 Å². The van der Waals surface area contributed by atoms with Crippen molar-refractivity contribution in [1.82, 2.24) is 20.1 Å². The molecule has 0 saturated heterocycles. The van der Waals surface area contributed by atoms with Crippen molar-refractivity contribution in [3.8, 4) is 0 Å². The van der Waals surface area contributed by atoms with Gasteiger partial charge in [0.05, 0.1) is 11.1 Å². The highest BCUT2D eigenvalue weighted by atomic mass is 35.5. The number of hydrogen-bond acceptors (Lipinski definition) is 4. The van der Waals surface area contributed by atoms with Crippen molar-refractivity contribution < 1.29 is 26.7 Å². The van der Waals surface area contributed by atoms with Gasteiger partial charge in [0.2, 0.25) is 0 Å². The van der Waals surface area contributed by atoms with Crippen molar-refractivity contribution in [3.63, 3.8) is 0 Å². The van der Waals surface area contributed by atoms with Crippen LogP contribution in [-0.2, 0) is 12.7 Å².